The first-order valence-corrected chi connectivity index (χ1v) is 7.52. The molecule has 0 bridgehead atoms. The molecule has 0 saturated carbocycles. The number of hydrogen-bond donors (Lipinski definition) is 0. The Labute approximate surface area is 133 Å². The lowest BCUT2D eigenvalue weighted by molar-refractivity contribution is -0.0210. The van der Waals surface area contributed by atoms with Gasteiger partial charge in [0.05, 0.1) is 18.9 Å². The van der Waals surface area contributed by atoms with Crippen LogP contribution >= 0.6 is 11.6 Å². The zero-order chi connectivity index (χ0) is 15.4. The lowest BCUT2D eigenvalue weighted by atomic mass is 10.1. The van der Waals surface area contributed by atoms with Gasteiger partial charge in [0, 0.05) is 36.9 Å². The molecule has 5 nitrogen and oxygen atoms in total. The highest BCUT2D eigenvalue weighted by Crippen LogP contribution is 2.19. The number of rotatable bonds is 3. The summed E-state index contributed by atoms with van der Waals surface area (Å²) in [4.78, 5) is 22.2. The summed E-state index contributed by atoms with van der Waals surface area (Å²) in [5.41, 5.74) is 1.39. The average Bonchev–Trinajstić information content (AvgIpc) is 2.57. The van der Waals surface area contributed by atoms with Gasteiger partial charge in [-0.2, -0.15) is 0 Å². The van der Waals surface area contributed by atoms with Crippen LogP contribution in [0.3, 0.4) is 0 Å². The Morgan fingerprint density at radius 1 is 1.36 bits per heavy atom. The van der Waals surface area contributed by atoms with E-state index in [0.717, 1.165) is 10.6 Å². The molecular formula is C16H16ClN3O2. The number of ether oxygens (including phenoxy) is 1. The topological polar surface area (TPSA) is 55.3 Å². The number of benzene rings is 1. The molecule has 1 saturated heterocycles. The van der Waals surface area contributed by atoms with Crippen molar-refractivity contribution in [3.05, 3.63) is 59.1 Å². The minimum Gasteiger partial charge on any atom is -0.374 e. The molecule has 6 heteroatoms. The summed E-state index contributed by atoms with van der Waals surface area (Å²) < 4.78 is 5.76. The van der Waals surface area contributed by atoms with Crippen LogP contribution in [-0.2, 0) is 11.2 Å². The Bertz CT molecular complexity index is 651. The summed E-state index contributed by atoms with van der Waals surface area (Å²) >= 11 is 6.18. The van der Waals surface area contributed by atoms with E-state index in [1.807, 2.05) is 24.3 Å². The molecular weight excluding hydrogens is 302 g/mol. The van der Waals surface area contributed by atoms with Gasteiger partial charge >= 0.3 is 0 Å². The molecule has 0 radical (unpaired) electrons. The van der Waals surface area contributed by atoms with Crippen molar-refractivity contribution < 1.29 is 9.53 Å². The maximum atomic E-state index is 12.4. The summed E-state index contributed by atoms with van der Waals surface area (Å²) in [6, 6.07) is 7.70. The molecule has 1 aromatic carbocycles. The van der Waals surface area contributed by atoms with Crippen molar-refractivity contribution >= 4 is 17.5 Å². The Morgan fingerprint density at radius 2 is 2.23 bits per heavy atom. The molecule has 2 heterocycles. The number of halogens is 1. The van der Waals surface area contributed by atoms with Crippen molar-refractivity contribution in [2.45, 2.75) is 12.5 Å². The van der Waals surface area contributed by atoms with E-state index in [4.69, 9.17) is 16.3 Å². The van der Waals surface area contributed by atoms with Gasteiger partial charge in [-0.15, -0.1) is 0 Å². The van der Waals surface area contributed by atoms with Crippen LogP contribution in [-0.4, -0.2) is 46.6 Å². The van der Waals surface area contributed by atoms with Gasteiger partial charge in [0.15, 0.2) is 0 Å². The molecule has 1 fully saturated rings. The number of hydrogen-bond acceptors (Lipinski definition) is 4. The van der Waals surface area contributed by atoms with Crippen LogP contribution in [0.5, 0.6) is 0 Å². The second kappa shape index (κ2) is 6.85. The third-order valence-corrected chi connectivity index (χ3v) is 3.98. The predicted octanol–water partition coefficient (Wildman–Crippen LogP) is 2.21. The van der Waals surface area contributed by atoms with E-state index in [0.29, 0.717) is 31.8 Å². The number of aromatic nitrogens is 2. The molecule has 1 aliphatic heterocycles. The van der Waals surface area contributed by atoms with Crippen molar-refractivity contribution in [2.24, 2.45) is 0 Å². The fraction of sp³-hybridized carbons (Fsp3) is 0.312. The van der Waals surface area contributed by atoms with Crippen molar-refractivity contribution in [1.82, 2.24) is 14.9 Å². The van der Waals surface area contributed by atoms with Crippen LogP contribution in [0.4, 0.5) is 0 Å². The SMILES string of the molecule is O=C(c1cnccn1)N1CCOC(Cc2ccccc2Cl)C1. The van der Waals surface area contributed by atoms with Crippen LogP contribution in [0, 0.1) is 0 Å². The fourth-order valence-corrected chi connectivity index (χ4v) is 2.72. The highest BCUT2D eigenvalue weighted by Gasteiger charge is 2.26. The molecule has 0 N–H and O–H groups in total. The second-order valence-corrected chi connectivity index (χ2v) is 5.54. The van der Waals surface area contributed by atoms with Gasteiger partial charge in [-0.05, 0) is 11.6 Å². The number of amides is 1. The minimum atomic E-state index is -0.111. The fourth-order valence-electron chi connectivity index (χ4n) is 2.51. The van der Waals surface area contributed by atoms with E-state index in [2.05, 4.69) is 9.97 Å². The van der Waals surface area contributed by atoms with Crippen LogP contribution in [0.2, 0.25) is 5.02 Å². The lowest BCUT2D eigenvalue weighted by Gasteiger charge is -2.33. The quantitative estimate of drug-likeness (QED) is 0.871. The highest BCUT2D eigenvalue weighted by atomic mass is 35.5. The second-order valence-electron chi connectivity index (χ2n) is 5.13. The first-order valence-electron chi connectivity index (χ1n) is 7.14. The molecule has 3 rings (SSSR count). The third-order valence-electron chi connectivity index (χ3n) is 3.61. The standard InChI is InChI=1S/C16H16ClN3O2/c17-14-4-2-1-3-12(14)9-13-11-20(7-8-22-13)16(21)15-10-18-5-6-19-15/h1-6,10,13H,7-9,11H2. The lowest BCUT2D eigenvalue weighted by Crippen LogP contribution is -2.46. The molecule has 2 aromatic rings. The molecule has 114 valence electrons. The Hall–Kier alpha value is -1.98. The molecule has 22 heavy (non-hydrogen) atoms. The summed E-state index contributed by atoms with van der Waals surface area (Å²) in [5.74, 6) is -0.111. The van der Waals surface area contributed by atoms with E-state index in [-0.39, 0.29) is 12.0 Å². The first kappa shape index (κ1) is 14.9. The molecule has 1 aromatic heterocycles. The smallest absolute Gasteiger partial charge is 0.274 e. The van der Waals surface area contributed by atoms with E-state index in [1.54, 1.807) is 11.1 Å². The average molecular weight is 318 g/mol. The van der Waals surface area contributed by atoms with Crippen LogP contribution in [0.1, 0.15) is 16.1 Å². The summed E-state index contributed by atoms with van der Waals surface area (Å²) in [7, 11) is 0. The third kappa shape index (κ3) is 3.43. The van der Waals surface area contributed by atoms with E-state index < -0.39 is 0 Å². The number of carbonyl (C=O) groups is 1. The summed E-state index contributed by atoms with van der Waals surface area (Å²) in [5, 5.41) is 0.725. The first-order chi connectivity index (χ1) is 10.7. The number of morpholine rings is 1. The van der Waals surface area contributed by atoms with Crippen LogP contribution in [0.25, 0.3) is 0 Å². The van der Waals surface area contributed by atoms with Gasteiger partial charge in [0.1, 0.15) is 5.69 Å². The molecule has 0 aliphatic carbocycles. The zero-order valence-electron chi connectivity index (χ0n) is 12.0. The largest absolute Gasteiger partial charge is 0.374 e. The Morgan fingerprint density at radius 3 is 3.00 bits per heavy atom. The van der Waals surface area contributed by atoms with Gasteiger partial charge in [-0.1, -0.05) is 29.8 Å². The van der Waals surface area contributed by atoms with E-state index in [1.165, 1.54) is 12.4 Å². The summed E-state index contributed by atoms with van der Waals surface area (Å²) in [6.45, 7) is 1.61. The normalized spacial score (nSPS) is 18.2. The van der Waals surface area contributed by atoms with Crippen LogP contribution < -0.4 is 0 Å². The zero-order valence-corrected chi connectivity index (χ0v) is 12.7. The minimum absolute atomic E-state index is 0.0609. The van der Waals surface area contributed by atoms with Crippen LogP contribution in [0.15, 0.2) is 42.9 Å². The van der Waals surface area contributed by atoms with Crippen molar-refractivity contribution in [3.8, 4) is 0 Å². The Kier molecular flexibility index (Phi) is 4.65. The van der Waals surface area contributed by atoms with Crippen molar-refractivity contribution in [2.75, 3.05) is 19.7 Å². The molecule has 1 unspecified atom stereocenters. The van der Waals surface area contributed by atoms with Crippen molar-refractivity contribution in [1.29, 1.82) is 0 Å². The predicted molar refractivity (Wildman–Crippen MR) is 82.8 cm³/mol. The summed E-state index contributed by atoms with van der Waals surface area (Å²) in [6.07, 6.45) is 5.19. The molecule has 1 aliphatic rings. The van der Waals surface area contributed by atoms with Crippen molar-refractivity contribution in [3.63, 3.8) is 0 Å². The van der Waals surface area contributed by atoms with Gasteiger partial charge in [0.25, 0.3) is 5.91 Å². The van der Waals surface area contributed by atoms with E-state index >= 15 is 0 Å². The van der Waals surface area contributed by atoms with Gasteiger partial charge in [0.2, 0.25) is 0 Å². The molecule has 1 amide bonds. The number of nitrogens with zero attached hydrogens (tertiary/aromatic N) is 3. The van der Waals surface area contributed by atoms with Gasteiger partial charge in [-0.3, -0.25) is 9.78 Å². The molecule has 0 spiro atoms. The highest BCUT2D eigenvalue weighted by molar-refractivity contribution is 6.31. The maximum absolute atomic E-state index is 12.4. The molecule has 1 atom stereocenters. The van der Waals surface area contributed by atoms with Gasteiger partial charge in [-0.25, -0.2) is 4.98 Å². The van der Waals surface area contributed by atoms with Gasteiger partial charge < -0.3 is 9.64 Å². The monoisotopic (exact) mass is 317 g/mol. The maximum Gasteiger partial charge on any atom is 0.274 e. The van der Waals surface area contributed by atoms with E-state index in [9.17, 15) is 4.79 Å². The number of carbonyl (C=O) groups excluding carboxylic acids is 1. The Balaban J connectivity index is 1.67.